The van der Waals surface area contributed by atoms with Crippen molar-refractivity contribution in [1.82, 2.24) is 5.32 Å². The molecule has 2 amide bonds. The SMILES string of the molecule is CCOC(=O)C1=C(C)N(c2ccc(OC)cc2)C(=O)N[C@@H]1c1cccc([N+](=O)[O-])c1. The average molecular weight is 411 g/mol. The normalized spacial score (nSPS) is 16.2. The molecule has 0 unspecified atom stereocenters. The van der Waals surface area contributed by atoms with Crippen molar-refractivity contribution in [3.05, 3.63) is 75.5 Å². The van der Waals surface area contributed by atoms with Crippen LogP contribution >= 0.6 is 0 Å². The predicted octanol–water partition coefficient (Wildman–Crippen LogP) is 3.71. The van der Waals surface area contributed by atoms with Gasteiger partial charge in [0.05, 0.1) is 35.9 Å². The molecule has 1 N–H and O–H groups in total. The number of ether oxygens (including phenoxy) is 2. The molecule has 1 atom stereocenters. The Morgan fingerprint density at radius 2 is 1.93 bits per heavy atom. The van der Waals surface area contributed by atoms with E-state index in [2.05, 4.69) is 5.32 Å². The summed E-state index contributed by atoms with van der Waals surface area (Å²) in [4.78, 5) is 37.7. The molecule has 0 spiro atoms. The van der Waals surface area contributed by atoms with E-state index >= 15 is 0 Å². The number of benzene rings is 2. The van der Waals surface area contributed by atoms with Crippen LogP contribution in [0.15, 0.2) is 59.8 Å². The van der Waals surface area contributed by atoms with Crippen LogP contribution in [0.4, 0.5) is 16.2 Å². The smallest absolute Gasteiger partial charge is 0.338 e. The first-order chi connectivity index (χ1) is 14.4. The summed E-state index contributed by atoms with van der Waals surface area (Å²) in [5, 5.41) is 13.9. The number of hydrogen-bond donors (Lipinski definition) is 1. The minimum absolute atomic E-state index is 0.139. The maximum Gasteiger partial charge on any atom is 0.338 e. The second kappa shape index (κ2) is 8.64. The Labute approximate surface area is 173 Å². The lowest BCUT2D eigenvalue weighted by atomic mass is 9.94. The Balaban J connectivity index is 2.12. The van der Waals surface area contributed by atoms with Crippen molar-refractivity contribution in [2.45, 2.75) is 19.9 Å². The number of hydrogen-bond acceptors (Lipinski definition) is 6. The van der Waals surface area contributed by atoms with Crippen LogP contribution in [0.1, 0.15) is 25.5 Å². The average Bonchev–Trinajstić information content (AvgIpc) is 2.74. The Morgan fingerprint density at radius 3 is 2.53 bits per heavy atom. The summed E-state index contributed by atoms with van der Waals surface area (Å²) in [5.74, 6) is 0.0166. The van der Waals surface area contributed by atoms with E-state index in [0.717, 1.165) is 0 Å². The van der Waals surface area contributed by atoms with Crippen molar-refractivity contribution in [2.24, 2.45) is 0 Å². The number of methoxy groups -OCH3 is 1. The molecule has 1 aliphatic rings. The molecule has 1 heterocycles. The number of rotatable bonds is 6. The van der Waals surface area contributed by atoms with Gasteiger partial charge >= 0.3 is 12.0 Å². The summed E-state index contributed by atoms with van der Waals surface area (Å²) < 4.78 is 10.4. The maximum atomic E-state index is 13.0. The van der Waals surface area contributed by atoms with Crippen LogP contribution in [0.5, 0.6) is 5.75 Å². The minimum atomic E-state index is -0.883. The van der Waals surface area contributed by atoms with E-state index in [-0.39, 0.29) is 17.9 Å². The lowest BCUT2D eigenvalue weighted by molar-refractivity contribution is -0.384. The van der Waals surface area contributed by atoms with E-state index in [0.29, 0.717) is 22.7 Å². The molecule has 0 radical (unpaired) electrons. The van der Waals surface area contributed by atoms with Gasteiger partial charge in [0.25, 0.3) is 5.69 Å². The van der Waals surface area contributed by atoms with Crippen LogP contribution < -0.4 is 15.0 Å². The van der Waals surface area contributed by atoms with Gasteiger partial charge in [-0.05, 0) is 43.7 Å². The van der Waals surface area contributed by atoms with Gasteiger partial charge in [0.2, 0.25) is 0 Å². The first kappa shape index (κ1) is 20.8. The highest BCUT2D eigenvalue weighted by Gasteiger charge is 2.37. The van der Waals surface area contributed by atoms with E-state index in [4.69, 9.17) is 9.47 Å². The van der Waals surface area contributed by atoms with Crippen LogP contribution in [-0.2, 0) is 9.53 Å². The molecule has 156 valence electrons. The number of esters is 1. The largest absolute Gasteiger partial charge is 0.497 e. The van der Waals surface area contributed by atoms with E-state index in [1.54, 1.807) is 44.2 Å². The number of carbonyl (C=O) groups is 2. The number of urea groups is 1. The van der Waals surface area contributed by atoms with Crippen LogP contribution in [0.2, 0.25) is 0 Å². The van der Waals surface area contributed by atoms with Gasteiger partial charge in [0.15, 0.2) is 0 Å². The summed E-state index contributed by atoms with van der Waals surface area (Å²) in [6.07, 6.45) is 0. The zero-order chi connectivity index (χ0) is 21.8. The fourth-order valence-corrected chi connectivity index (χ4v) is 3.33. The number of nitrogens with zero attached hydrogens (tertiary/aromatic N) is 2. The molecule has 30 heavy (non-hydrogen) atoms. The molecule has 3 rings (SSSR count). The molecular weight excluding hydrogens is 390 g/mol. The van der Waals surface area contributed by atoms with Crippen molar-refractivity contribution >= 4 is 23.4 Å². The number of anilines is 1. The Morgan fingerprint density at radius 1 is 1.23 bits per heavy atom. The molecule has 0 fully saturated rings. The fourth-order valence-electron chi connectivity index (χ4n) is 3.33. The zero-order valence-electron chi connectivity index (χ0n) is 16.7. The summed E-state index contributed by atoms with van der Waals surface area (Å²) in [6, 6.07) is 11.2. The van der Waals surface area contributed by atoms with Crippen LogP contribution in [-0.4, -0.2) is 30.6 Å². The van der Waals surface area contributed by atoms with Gasteiger partial charge in [-0.3, -0.25) is 15.0 Å². The topological polar surface area (TPSA) is 111 Å². The van der Waals surface area contributed by atoms with Crippen molar-refractivity contribution in [3.8, 4) is 5.75 Å². The highest BCUT2D eigenvalue weighted by atomic mass is 16.6. The van der Waals surface area contributed by atoms with Crippen LogP contribution in [0.3, 0.4) is 0 Å². The summed E-state index contributed by atoms with van der Waals surface area (Å²) in [7, 11) is 1.54. The highest BCUT2D eigenvalue weighted by molar-refractivity contribution is 6.03. The minimum Gasteiger partial charge on any atom is -0.497 e. The Kier molecular flexibility index (Phi) is 6.01. The number of non-ortho nitro benzene ring substituents is 1. The van der Waals surface area contributed by atoms with E-state index in [9.17, 15) is 19.7 Å². The lowest BCUT2D eigenvalue weighted by Crippen LogP contribution is -2.48. The standard InChI is InChI=1S/C21H21N3O6/c1-4-30-20(25)18-13(2)23(15-8-10-17(29-3)11-9-15)21(26)22-19(18)14-6-5-7-16(12-14)24(27)28/h5-12,19H,4H2,1-3H3,(H,22,26)/t19-/m1/s1. The van der Waals surface area contributed by atoms with Crippen molar-refractivity contribution < 1.29 is 24.0 Å². The van der Waals surface area contributed by atoms with Gasteiger partial charge in [-0.1, -0.05) is 12.1 Å². The van der Waals surface area contributed by atoms with E-state index in [1.165, 1.54) is 30.2 Å². The summed E-state index contributed by atoms with van der Waals surface area (Å²) >= 11 is 0. The highest BCUT2D eigenvalue weighted by Crippen LogP contribution is 2.35. The molecule has 2 aromatic carbocycles. The second-order valence-electron chi connectivity index (χ2n) is 6.49. The van der Waals surface area contributed by atoms with Gasteiger partial charge < -0.3 is 14.8 Å². The summed E-state index contributed by atoms with van der Waals surface area (Å²) in [5.41, 5.74) is 1.38. The van der Waals surface area contributed by atoms with Crippen LogP contribution in [0.25, 0.3) is 0 Å². The lowest BCUT2D eigenvalue weighted by Gasteiger charge is -2.35. The number of carbonyl (C=O) groups excluding carboxylic acids is 2. The third-order valence-corrected chi connectivity index (χ3v) is 4.73. The van der Waals surface area contributed by atoms with E-state index in [1.807, 2.05) is 0 Å². The number of nitro benzene ring substituents is 1. The predicted molar refractivity (Wildman–Crippen MR) is 109 cm³/mol. The third kappa shape index (κ3) is 3.95. The van der Waals surface area contributed by atoms with Gasteiger partial charge in [-0.25, -0.2) is 9.59 Å². The number of allylic oxidation sites excluding steroid dienone is 1. The second-order valence-corrected chi connectivity index (χ2v) is 6.49. The Bertz CT molecular complexity index is 1020. The molecule has 9 heteroatoms. The first-order valence-corrected chi connectivity index (χ1v) is 9.24. The molecular formula is C21H21N3O6. The molecule has 0 saturated carbocycles. The van der Waals surface area contributed by atoms with E-state index < -0.39 is 23.0 Å². The van der Waals surface area contributed by atoms with Gasteiger partial charge in [-0.15, -0.1) is 0 Å². The van der Waals surface area contributed by atoms with Crippen LogP contribution in [0, 0.1) is 10.1 Å². The van der Waals surface area contributed by atoms with Gasteiger partial charge in [-0.2, -0.15) is 0 Å². The molecule has 0 bridgehead atoms. The first-order valence-electron chi connectivity index (χ1n) is 9.24. The molecule has 1 aliphatic heterocycles. The van der Waals surface area contributed by atoms with Crippen molar-refractivity contribution in [2.75, 3.05) is 18.6 Å². The fraction of sp³-hybridized carbons (Fsp3) is 0.238. The third-order valence-electron chi connectivity index (χ3n) is 4.73. The number of amides is 2. The molecule has 2 aromatic rings. The quantitative estimate of drug-likeness (QED) is 0.441. The van der Waals surface area contributed by atoms with Crippen molar-refractivity contribution in [1.29, 1.82) is 0 Å². The molecule has 9 nitrogen and oxygen atoms in total. The molecule has 0 aromatic heterocycles. The number of nitro groups is 1. The maximum absolute atomic E-state index is 13.0. The molecule has 0 saturated heterocycles. The van der Waals surface area contributed by atoms with Crippen molar-refractivity contribution in [3.63, 3.8) is 0 Å². The monoisotopic (exact) mass is 411 g/mol. The summed E-state index contributed by atoms with van der Waals surface area (Å²) in [6.45, 7) is 3.46. The van der Waals surface area contributed by atoms with Gasteiger partial charge in [0.1, 0.15) is 5.75 Å². The zero-order valence-corrected chi connectivity index (χ0v) is 16.7. The number of nitrogens with one attached hydrogen (secondary N) is 1. The Hall–Kier alpha value is -3.88. The molecule has 0 aliphatic carbocycles. The van der Waals surface area contributed by atoms with Gasteiger partial charge in [0, 0.05) is 17.8 Å².